The SMILES string of the molecule is CCN(c1nccc(C(=O)O)c1N)C(C)C. The third-order valence-electron chi connectivity index (χ3n) is 2.44. The van der Waals surface area contributed by atoms with E-state index in [4.69, 9.17) is 10.8 Å². The molecule has 0 spiro atoms. The molecular formula is C11H17N3O2. The molecule has 1 aromatic rings. The van der Waals surface area contributed by atoms with Crippen molar-refractivity contribution in [2.45, 2.75) is 26.8 Å². The summed E-state index contributed by atoms with van der Waals surface area (Å²) in [5, 5.41) is 8.96. The third kappa shape index (κ3) is 2.24. The van der Waals surface area contributed by atoms with Crippen LogP contribution >= 0.6 is 0 Å². The zero-order valence-electron chi connectivity index (χ0n) is 9.77. The second-order valence-corrected chi connectivity index (χ2v) is 3.78. The Labute approximate surface area is 94.9 Å². The van der Waals surface area contributed by atoms with E-state index in [-0.39, 0.29) is 17.3 Å². The fraction of sp³-hybridized carbons (Fsp3) is 0.455. The highest BCUT2D eigenvalue weighted by molar-refractivity contribution is 5.96. The van der Waals surface area contributed by atoms with Crippen LogP contribution < -0.4 is 10.6 Å². The first-order valence-electron chi connectivity index (χ1n) is 5.23. The van der Waals surface area contributed by atoms with Crippen LogP contribution in [0.1, 0.15) is 31.1 Å². The summed E-state index contributed by atoms with van der Waals surface area (Å²) in [5.41, 5.74) is 6.14. The largest absolute Gasteiger partial charge is 0.478 e. The van der Waals surface area contributed by atoms with Crippen molar-refractivity contribution >= 4 is 17.5 Å². The molecule has 0 unspecified atom stereocenters. The zero-order chi connectivity index (χ0) is 12.3. The maximum atomic E-state index is 10.9. The molecule has 1 aromatic heterocycles. The van der Waals surface area contributed by atoms with E-state index in [2.05, 4.69) is 4.98 Å². The second kappa shape index (κ2) is 4.83. The van der Waals surface area contributed by atoms with Gasteiger partial charge < -0.3 is 15.7 Å². The van der Waals surface area contributed by atoms with Gasteiger partial charge in [0.25, 0.3) is 0 Å². The molecule has 0 aliphatic rings. The highest BCUT2D eigenvalue weighted by Crippen LogP contribution is 2.25. The van der Waals surface area contributed by atoms with Gasteiger partial charge in [0, 0.05) is 18.8 Å². The number of hydrogen-bond donors (Lipinski definition) is 2. The van der Waals surface area contributed by atoms with Gasteiger partial charge in [0.2, 0.25) is 0 Å². The summed E-state index contributed by atoms with van der Waals surface area (Å²) in [6.45, 7) is 6.74. The number of nitrogens with two attached hydrogens (primary N) is 1. The molecule has 0 aliphatic carbocycles. The second-order valence-electron chi connectivity index (χ2n) is 3.78. The predicted octanol–water partition coefficient (Wildman–Crippen LogP) is 1.60. The number of nitrogens with zero attached hydrogens (tertiary/aromatic N) is 2. The van der Waals surface area contributed by atoms with Gasteiger partial charge in [-0.3, -0.25) is 0 Å². The lowest BCUT2D eigenvalue weighted by Gasteiger charge is -2.27. The maximum absolute atomic E-state index is 10.9. The molecular weight excluding hydrogens is 206 g/mol. The van der Waals surface area contributed by atoms with Crippen LogP contribution in [0.3, 0.4) is 0 Å². The molecule has 5 heteroatoms. The van der Waals surface area contributed by atoms with E-state index < -0.39 is 5.97 Å². The topological polar surface area (TPSA) is 79.5 Å². The summed E-state index contributed by atoms with van der Waals surface area (Å²) in [4.78, 5) is 17.0. The van der Waals surface area contributed by atoms with Gasteiger partial charge in [-0.15, -0.1) is 0 Å². The number of hydrogen-bond acceptors (Lipinski definition) is 4. The predicted molar refractivity (Wildman–Crippen MR) is 63.8 cm³/mol. The van der Waals surface area contributed by atoms with Crippen molar-refractivity contribution in [1.82, 2.24) is 4.98 Å². The fourth-order valence-corrected chi connectivity index (χ4v) is 1.64. The van der Waals surface area contributed by atoms with Crippen LogP contribution in [-0.2, 0) is 0 Å². The van der Waals surface area contributed by atoms with Gasteiger partial charge in [-0.25, -0.2) is 9.78 Å². The van der Waals surface area contributed by atoms with Gasteiger partial charge in [0.1, 0.15) is 0 Å². The molecule has 0 fully saturated rings. The van der Waals surface area contributed by atoms with Crippen molar-refractivity contribution in [3.8, 4) is 0 Å². The van der Waals surface area contributed by atoms with Crippen LogP contribution in [0.2, 0.25) is 0 Å². The van der Waals surface area contributed by atoms with Gasteiger partial charge >= 0.3 is 5.97 Å². The molecule has 5 nitrogen and oxygen atoms in total. The summed E-state index contributed by atoms with van der Waals surface area (Å²) >= 11 is 0. The van der Waals surface area contributed by atoms with Crippen LogP contribution in [0.5, 0.6) is 0 Å². The molecule has 0 atom stereocenters. The van der Waals surface area contributed by atoms with Crippen LogP contribution in [-0.4, -0.2) is 28.6 Å². The molecule has 3 N–H and O–H groups in total. The lowest BCUT2D eigenvalue weighted by atomic mass is 10.2. The first-order valence-corrected chi connectivity index (χ1v) is 5.23. The lowest BCUT2D eigenvalue weighted by Crippen LogP contribution is -2.32. The number of pyridine rings is 1. The van der Waals surface area contributed by atoms with E-state index in [1.54, 1.807) is 0 Å². The lowest BCUT2D eigenvalue weighted by molar-refractivity contribution is 0.0698. The quantitative estimate of drug-likeness (QED) is 0.810. The third-order valence-corrected chi connectivity index (χ3v) is 2.44. The summed E-state index contributed by atoms with van der Waals surface area (Å²) in [6, 6.07) is 1.64. The van der Waals surface area contributed by atoms with Gasteiger partial charge in [-0.05, 0) is 26.8 Å². The van der Waals surface area contributed by atoms with Crippen molar-refractivity contribution in [1.29, 1.82) is 0 Å². The standard InChI is InChI=1S/C11H17N3O2/c1-4-14(7(2)3)10-9(12)8(11(15)16)5-6-13-10/h5-7H,4,12H2,1-3H3,(H,15,16). The summed E-state index contributed by atoms with van der Waals surface area (Å²) in [5.74, 6) is -0.488. The Morgan fingerprint density at radius 3 is 2.69 bits per heavy atom. The maximum Gasteiger partial charge on any atom is 0.337 e. The number of anilines is 2. The van der Waals surface area contributed by atoms with Crippen molar-refractivity contribution < 1.29 is 9.90 Å². The Kier molecular flexibility index (Phi) is 3.71. The normalized spacial score (nSPS) is 10.5. The van der Waals surface area contributed by atoms with E-state index in [0.717, 1.165) is 6.54 Å². The highest BCUT2D eigenvalue weighted by Gasteiger charge is 2.17. The Morgan fingerprint density at radius 1 is 1.62 bits per heavy atom. The van der Waals surface area contributed by atoms with Crippen LogP contribution in [0.25, 0.3) is 0 Å². The van der Waals surface area contributed by atoms with E-state index in [1.165, 1.54) is 12.3 Å². The van der Waals surface area contributed by atoms with E-state index in [1.807, 2.05) is 25.7 Å². The van der Waals surface area contributed by atoms with E-state index in [9.17, 15) is 4.79 Å². The zero-order valence-corrected chi connectivity index (χ0v) is 9.77. The molecule has 0 aliphatic heterocycles. The summed E-state index contributed by atoms with van der Waals surface area (Å²) in [6.07, 6.45) is 1.47. The summed E-state index contributed by atoms with van der Waals surface area (Å²) < 4.78 is 0. The monoisotopic (exact) mass is 223 g/mol. The summed E-state index contributed by atoms with van der Waals surface area (Å²) in [7, 11) is 0. The molecule has 88 valence electrons. The number of nitrogen functional groups attached to an aromatic ring is 1. The van der Waals surface area contributed by atoms with Crippen LogP contribution in [0.4, 0.5) is 11.5 Å². The van der Waals surface area contributed by atoms with Gasteiger partial charge in [-0.1, -0.05) is 0 Å². The highest BCUT2D eigenvalue weighted by atomic mass is 16.4. The molecule has 0 bridgehead atoms. The molecule has 0 radical (unpaired) electrons. The van der Waals surface area contributed by atoms with Gasteiger partial charge in [0.15, 0.2) is 5.82 Å². The molecule has 0 saturated carbocycles. The number of aromatic nitrogens is 1. The van der Waals surface area contributed by atoms with Crippen molar-refractivity contribution in [3.05, 3.63) is 17.8 Å². The molecule has 0 saturated heterocycles. The molecule has 0 amide bonds. The van der Waals surface area contributed by atoms with Gasteiger partial charge in [-0.2, -0.15) is 0 Å². The number of carbonyl (C=O) groups is 1. The number of carboxylic acid groups (broad SMARTS) is 1. The number of rotatable bonds is 4. The van der Waals surface area contributed by atoms with Crippen molar-refractivity contribution in [3.63, 3.8) is 0 Å². The van der Waals surface area contributed by atoms with Crippen molar-refractivity contribution in [2.24, 2.45) is 0 Å². The number of carboxylic acids is 1. The molecule has 1 heterocycles. The van der Waals surface area contributed by atoms with E-state index in [0.29, 0.717) is 5.82 Å². The number of aromatic carboxylic acids is 1. The van der Waals surface area contributed by atoms with Gasteiger partial charge in [0.05, 0.1) is 11.3 Å². The Balaban J connectivity index is 3.23. The molecule has 0 aromatic carbocycles. The average molecular weight is 223 g/mol. The van der Waals surface area contributed by atoms with Crippen LogP contribution in [0.15, 0.2) is 12.3 Å². The fourth-order valence-electron chi connectivity index (χ4n) is 1.64. The van der Waals surface area contributed by atoms with E-state index >= 15 is 0 Å². The smallest absolute Gasteiger partial charge is 0.337 e. The molecule has 16 heavy (non-hydrogen) atoms. The first-order chi connectivity index (χ1) is 7.49. The Bertz CT molecular complexity index is 391. The minimum atomic E-state index is -1.03. The first kappa shape index (κ1) is 12.3. The van der Waals surface area contributed by atoms with Crippen LogP contribution in [0, 0.1) is 0 Å². The Hall–Kier alpha value is -1.78. The van der Waals surface area contributed by atoms with Crippen molar-refractivity contribution in [2.75, 3.05) is 17.2 Å². The minimum absolute atomic E-state index is 0.101. The minimum Gasteiger partial charge on any atom is -0.478 e. The molecule has 1 rings (SSSR count). The average Bonchev–Trinajstić information content (AvgIpc) is 2.20. The Morgan fingerprint density at radius 2 is 2.25 bits per heavy atom.